The van der Waals surface area contributed by atoms with Gasteiger partial charge in [-0.1, -0.05) is 30.3 Å². The van der Waals surface area contributed by atoms with E-state index >= 15 is 0 Å². The third kappa shape index (κ3) is 3.10. The first-order valence-electron chi connectivity index (χ1n) is 6.27. The first-order chi connectivity index (χ1) is 9.11. The maximum Gasteiger partial charge on any atom is 0.327 e. The van der Waals surface area contributed by atoms with Crippen molar-refractivity contribution in [2.45, 2.75) is 18.9 Å². The summed E-state index contributed by atoms with van der Waals surface area (Å²) >= 11 is 1.59. The molecule has 0 aromatic heterocycles. The molecule has 1 aromatic rings. The Morgan fingerprint density at radius 3 is 2.68 bits per heavy atom. The Hall–Kier alpha value is -1.49. The highest BCUT2D eigenvalue weighted by atomic mass is 32.2. The molecule has 0 radical (unpaired) electrons. The molecule has 1 aliphatic heterocycles. The molecule has 0 saturated carbocycles. The van der Waals surface area contributed by atoms with E-state index in [0.717, 1.165) is 11.3 Å². The van der Waals surface area contributed by atoms with Crippen molar-refractivity contribution in [3.63, 3.8) is 0 Å². The topological polar surface area (TPSA) is 57.6 Å². The van der Waals surface area contributed by atoms with E-state index < -0.39 is 12.0 Å². The van der Waals surface area contributed by atoms with Gasteiger partial charge in [-0.15, -0.1) is 0 Å². The first-order valence-corrected chi connectivity index (χ1v) is 7.42. The average Bonchev–Trinajstić information content (AvgIpc) is 2.46. The van der Waals surface area contributed by atoms with Crippen LogP contribution in [0.1, 0.15) is 18.4 Å². The molecular weight excluding hydrogens is 262 g/mol. The minimum Gasteiger partial charge on any atom is -0.480 e. The number of rotatable bonds is 3. The van der Waals surface area contributed by atoms with E-state index in [1.807, 2.05) is 37.3 Å². The molecule has 1 aliphatic rings. The zero-order valence-electron chi connectivity index (χ0n) is 10.8. The van der Waals surface area contributed by atoms with E-state index in [1.165, 1.54) is 4.90 Å². The SMILES string of the molecule is CC(C(=O)N1CCSCC1C(=O)O)c1ccccc1. The Balaban J connectivity index is 2.15. The molecule has 0 bridgehead atoms. The van der Waals surface area contributed by atoms with Crippen LogP contribution < -0.4 is 0 Å². The van der Waals surface area contributed by atoms with Gasteiger partial charge in [0.2, 0.25) is 5.91 Å². The molecule has 1 aromatic carbocycles. The van der Waals surface area contributed by atoms with Crippen LogP contribution in [-0.2, 0) is 9.59 Å². The van der Waals surface area contributed by atoms with Crippen molar-refractivity contribution in [1.82, 2.24) is 4.90 Å². The Labute approximate surface area is 116 Å². The predicted octanol–water partition coefficient (Wildman–Crippen LogP) is 1.82. The van der Waals surface area contributed by atoms with Crippen molar-refractivity contribution in [3.8, 4) is 0 Å². The number of hydrogen-bond donors (Lipinski definition) is 1. The number of aliphatic carboxylic acids is 1. The zero-order valence-corrected chi connectivity index (χ0v) is 11.6. The molecule has 19 heavy (non-hydrogen) atoms. The first kappa shape index (κ1) is 13.9. The van der Waals surface area contributed by atoms with Gasteiger partial charge in [0.15, 0.2) is 0 Å². The summed E-state index contributed by atoms with van der Waals surface area (Å²) in [6.45, 7) is 2.34. The van der Waals surface area contributed by atoms with Gasteiger partial charge in [-0.25, -0.2) is 4.79 Å². The van der Waals surface area contributed by atoms with Crippen LogP contribution in [0.2, 0.25) is 0 Å². The van der Waals surface area contributed by atoms with Gasteiger partial charge in [0, 0.05) is 18.1 Å². The second-order valence-electron chi connectivity index (χ2n) is 4.59. The van der Waals surface area contributed by atoms with Crippen LogP contribution in [0.25, 0.3) is 0 Å². The summed E-state index contributed by atoms with van der Waals surface area (Å²) in [5.41, 5.74) is 0.926. The second kappa shape index (κ2) is 6.10. The minimum atomic E-state index is -0.916. The molecule has 1 N–H and O–H groups in total. The van der Waals surface area contributed by atoms with Crippen LogP contribution in [0.5, 0.6) is 0 Å². The number of carbonyl (C=O) groups excluding carboxylic acids is 1. The lowest BCUT2D eigenvalue weighted by atomic mass is 9.99. The van der Waals surface area contributed by atoms with Gasteiger partial charge in [0.25, 0.3) is 0 Å². The van der Waals surface area contributed by atoms with Gasteiger partial charge in [0.1, 0.15) is 6.04 Å². The molecule has 1 saturated heterocycles. The molecule has 2 unspecified atom stereocenters. The number of nitrogens with zero attached hydrogens (tertiary/aromatic N) is 1. The maximum absolute atomic E-state index is 12.5. The van der Waals surface area contributed by atoms with Crippen LogP contribution in [-0.4, -0.2) is 46.0 Å². The summed E-state index contributed by atoms with van der Waals surface area (Å²) in [6, 6.07) is 8.78. The number of thioether (sulfide) groups is 1. The van der Waals surface area contributed by atoms with Gasteiger partial charge in [-0.05, 0) is 12.5 Å². The normalized spacial score (nSPS) is 20.9. The maximum atomic E-state index is 12.5. The quantitative estimate of drug-likeness (QED) is 0.917. The zero-order chi connectivity index (χ0) is 13.8. The predicted molar refractivity (Wildman–Crippen MR) is 75.3 cm³/mol. The average molecular weight is 279 g/mol. The lowest BCUT2D eigenvalue weighted by molar-refractivity contribution is -0.149. The summed E-state index contributed by atoms with van der Waals surface area (Å²) in [7, 11) is 0. The number of benzene rings is 1. The third-order valence-corrected chi connectivity index (χ3v) is 4.39. The van der Waals surface area contributed by atoms with Crippen LogP contribution in [0.15, 0.2) is 30.3 Å². The highest BCUT2D eigenvalue weighted by Gasteiger charge is 2.34. The monoisotopic (exact) mass is 279 g/mol. The van der Waals surface area contributed by atoms with Crippen LogP contribution in [0.4, 0.5) is 0 Å². The van der Waals surface area contributed by atoms with Gasteiger partial charge >= 0.3 is 5.97 Å². The molecule has 102 valence electrons. The lowest BCUT2D eigenvalue weighted by Crippen LogP contribution is -2.51. The van der Waals surface area contributed by atoms with E-state index in [0.29, 0.717) is 12.3 Å². The highest BCUT2D eigenvalue weighted by Crippen LogP contribution is 2.23. The third-order valence-electron chi connectivity index (χ3n) is 3.37. The number of amides is 1. The van der Waals surface area contributed by atoms with Crippen molar-refractivity contribution >= 4 is 23.6 Å². The molecule has 5 heteroatoms. The Kier molecular flexibility index (Phi) is 4.47. The number of carboxylic acid groups (broad SMARTS) is 1. The molecule has 1 heterocycles. The van der Waals surface area contributed by atoms with E-state index in [4.69, 9.17) is 0 Å². The molecule has 2 rings (SSSR count). The van der Waals surface area contributed by atoms with Crippen LogP contribution >= 0.6 is 11.8 Å². The van der Waals surface area contributed by atoms with Crippen molar-refractivity contribution < 1.29 is 14.7 Å². The van der Waals surface area contributed by atoms with E-state index in [2.05, 4.69) is 0 Å². The Bertz CT molecular complexity index is 463. The van der Waals surface area contributed by atoms with Gasteiger partial charge in [-0.2, -0.15) is 11.8 Å². The van der Waals surface area contributed by atoms with Crippen molar-refractivity contribution in [1.29, 1.82) is 0 Å². The summed E-state index contributed by atoms with van der Waals surface area (Å²) in [6.07, 6.45) is 0. The lowest BCUT2D eigenvalue weighted by Gasteiger charge is -2.34. The van der Waals surface area contributed by atoms with E-state index in [1.54, 1.807) is 11.8 Å². The van der Waals surface area contributed by atoms with Crippen LogP contribution in [0, 0.1) is 0 Å². The molecule has 1 amide bonds. The van der Waals surface area contributed by atoms with E-state index in [-0.39, 0.29) is 11.8 Å². The largest absolute Gasteiger partial charge is 0.480 e. The van der Waals surface area contributed by atoms with E-state index in [9.17, 15) is 14.7 Å². The fraction of sp³-hybridized carbons (Fsp3) is 0.429. The Morgan fingerprint density at radius 1 is 1.37 bits per heavy atom. The molecule has 4 nitrogen and oxygen atoms in total. The number of carbonyl (C=O) groups is 2. The van der Waals surface area contributed by atoms with Gasteiger partial charge in [-0.3, -0.25) is 4.79 Å². The fourth-order valence-corrected chi connectivity index (χ4v) is 3.24. The van der Waals surface area contributed by atoms with Gasteiger partial charge in [0.05, 0.1) is 5.92 Å². The summed E-state index contributed by atoms with van der Waals surface area (Å²) in [5.74, 6) is -0.0366. The fourth-order valence-electron chi connectivity index (χ4n) is 2.21. The summed E-state index contributed by atoms with van der Waals surface area (Å²) in [5, 5.41) is 9.20. The smallest absolute Gasteiger partial charge is 0.327 e. The number of carboxylic acids is 1. The van der Waals surface area contributed by atoms with Crippen LogP contribution in [0.3, 0.4) is 0 Å². The summed E-state index contributed by atoms with van der Waals surface area (Å²) in [4.78, 5) is 25.2. The summed E-state index contributed by atoms with van der Waals surface area (Å²) < 4.78 is 0. The van der Waals surface area contributed by atoms with Crippen molar-refractivity contribution in [2.75, 3.05) is 18.1 Å². The molecule has 0 spiro atoms. The van der Waals surface area contributed by atoms with Gasteiger partial charge < -0.3 is 10.0 Å². The molecule has 1 fully saturated rings. The number of hydrogen-bond acceptors (Lipinski definition) is 3. The Morgan fingerprint density at radius 2 is 2.05 bits per heavy atom. The van der Waals surface area contributed by atoms with Crippen molar-refractivity contribution in [2.24, 2.45) is 0 Å². The van der Waals surface area contributed by atoms with Crippen molar-refractivity contribution in [3.05, 3.63) is 35.9 Å². The molecular formula is C14H17NO3S. The minimum absolute atomic E-state index is 0.0982. The highest BCUT2D eigenvalue weighted by molar-refractivity contribution is 7.99. The molecule has 0 aliphatic carbocycles. The second-order valence-corrected chi connectivity index (χ2v) is 5.74. The molecule has 2 atom stereocenters. The standard InChI is InChI=1S/C14H17NO3S/c1-10(11-5-3-2-4-6-11)13(16)15-7-8-19-9-12(15)14(17)18/h2-6,10,12H,7-9H2,1H3,(H,17,18).